The SMILES string of the molecule is CC(O)c1ccc(Oc2cnn(C(C)C)c2)c(Br)c1. The van der Waals surface area contributed by atoms with Gasteiger partial charge in [0.15, 0.2) is 5.75 Å². The Hall–Kier alpha value is -1.33. The van der Waals surface area contributed by atoms with Crippen LogP contribution >= 0.6 is 15.9 Å². The van der Waals surface area contributed by atoms with Crippen molar-refractivity contribution in [2.45, 2.75) is 32.9 Å². The Balaban J connectivity index is 2.18. The molecule has 0 saturated carbocycles. The van der Waals surface area contributed by atoms with Gasteiger partial charge in [0.1, 0.15) is 5.75 Å². The predicted octanol–water partition coefficient (Wildman–Crippen LogP) is 4.07. The van der Waals surface area contributed by atoms with Gasteiger partial charge in [-0.1, -0.05) is 6.07 Å². The number of halogens is 1. The van der Waals surface area contributed by atoms with Crippen LogP contribution < -0.4 is 4.74 Å². The third-order valence-corrected chi connectivity index (χ3v) is 3.39. The lowest BCUT2D eigenvalue weighted by Crippen LogP contribution is -1.99. The summed E-state index contributed by atoms with van der Waals surface area (Å²) in [4.78, 5) is 0. The quantitative estimate of drug-likeness (QED) is 0.922. The molecule has 0 spiro atoms. The van der Waals surface area contributed by atoms with Gasteiger partial charge in [-0.2, -0.15) is 5.10 Å². The molecule has 0 aliphatic heterocycles. The van der Waals surface area contributed by atoms with Gasteiger partial charge in [0.25, 0.3) is 0 Å². The van der Waals surface area contributed by atoms with Crippen molar-refractivity contribution in [1.29, 1.82) is 0 Å². The molecule has 0 aliphatic rings. The summed E-state index contributed by atoms with van der Waals surface area (Å²) in [5.74, 6) is 1.40. The molecule has 0 bridgehead atoms. The summed E-state index contributed by atoms with van der Waals surface area (Å²) in [5.41, 5.74) is 0.845. The van der Waals surface area contributed by atoms with Crippen molar-refractivity contribution in [3.05, 3.63) is 40.6 Å². The highest BCUT2D eigenvalue weighted by atomic mass is 79.9. The normalized spacial score (nSPS) is 12.7. The Morgan fingerprint density at radius 3 is 2.58 bits per heavy atom. The van der Waals surface area contributed by atoms with E-state index < -0.39 is 6.10 Å². The first kappa shape index (κ1) is 14.1. The van der Waals surface area contributed by atoms with Crippen molar-refractivity contribution in [3.8, 4) is 11.5 Å². The van der Waals surface area contributed by atoms with Gasteiger partial charge < -0.3 is 9.84 Å². The van der Waals surface area contributed by atoms with E-state index in [4.69, 9.17) is 4.74 Å². The van der Waals surface area contributed by atoms with Gasteiger partial charge in [0.05, 0.1) is 23.0 Å². The van der Waals surface area contributed by atoms with Crippen LogP contribution in [0.2, 0.25) is 0 Å². The van der Waals surface area contributed by atoms with Crippen LogP contribution in [0.25, 0.3) is 0 Å². The lowest BCUT2D eigenvalue weighted by Gasteiger charge is -2.09. The van der Waals surface area contributed by atoms with Crippen molar-refractivity contribution < 1.29 is 9.84 Å². The largest absolute Gasteiger partial charge is 0.453 e. The van der Waals surface area contributed by atoms with Crippen LogP contribution in [0, 0.1) is 0 Å². The first-order chi connectivity index (χ1) is 8.97. The fraction of sp³-hybridized carbons (Fsp3) is 0.357. The lowest BCUT2D eigenvalue weighted by molar-refractivity contribution is 0.199. The summed E-state index contributed by atoms with van der Waals surface area (Å²) in [6.07, 6.45) is 3.06. The number of aliphatic hydroxyl groups is 1. The first-order valence-electron chi connectivity index (χ1n) is 6.17. The molecule has 5 heteroatoms. The van der Waals surface area contributed by atoms with E-state index in [1.807, 2.05) is 29.1 Å². The van der Waals surface area contributed by atoms with Gasteiger partial charge in [-0.3, -0.25) is 4.68 Å². The Morgan fingerprint density at radius 1 is 1.32 bits per heavy atom. The smallest absolute Gasteiger partial charge is 0.165 e. The molecule has 19 heavy (non-hydrogen) atoms. The molecule has 1 N–H and O–H groups in total. The summed E-state index contributed by atoms with van der Waals surface area (Å²) >= 11 is 3.45. The summed E-state index contributed by atoms with van der Waals surface area (Å²) in [6.45, 7) is 5.85. The van der Waals surface area contributed by atoms with Crippen LogP contribution in [0.4, 0.5) is 0 Å². The lowest BCUT2D eigenvalue weighted by atomic mass is 10.1. The fourth-order valence-corrected chi connectivity index (χ4v) is 2.12. The second-order valence-corrected chi connectivity index (χ2v) is 5.57. The number of rotatable bonds is 4. The molecule has 0 amide bonds. The number of aromatic nitrogens is 2. The summed E-state index contributed by atoms with van der Waals surface area (Å²) in [7, 11) is 0. The monoisotopic (exact) mass is 324 g/mol. The summed E-state index contributed by atoms with van der Waals surface area (Å²) in [6, 6.07) is 5.84. The van der Waals surface area contributed by atoms with Crippen molar-refractivity contribution in [3.63, 3.8) is 0 Å². The zero-order valence-electron chi connectivity index (χ0n) is 11.2. The second-order valence-electron chi connectivity index (χ2n) is 4.72. The van der Waals surface area contributed by atoms with E-state index in [1.165, 1.54) is 0 Å². The van der Waals surface area contributed by atoms with E-state index in [0.29, 0.717) is 17.5 Å². The minimum atomic E-state index is -0.492. The molecule has 0 aliphatic carbocycles. The molecule has 1 aromatic heterocycles. The summed E-state index contributed by atoms with van der Waals surface area (Å²) in [5, 5.41) is 13.7. The molecule has 0 fully saturated rings. The molecule has 1 atom stereocenters. The van der Waals surface area contributed by atoms with E-state index >= 15 is 0 Å². The number of nitrogens with zero attached hydrogens (tertiary/aromatic N) is 2. The van der Waals surface area contributed by atoms with E-state index in [-0.39, 0.29) is 0 Å². The Morgan fingerprint density at radius 2 is 2.05 bits per heavy atom. The number of hydrogen-bond acceptors (Lipinski definition) is 3. The van der Waals surface area contributed by atoms with Crippen LogP contribution in [-0.4, -0.2) is 14.9 Å². The zero-order valence-corrected chi connectivity index (χ0v) is 12.8. The van der Waals surface area contributed by atoms with Crippen molar-refractivity contribution in [2.75, 3.05) is 0 Å². The molecule has 1 unspecified atom stereocenters. The third kappa shape index (κ3) is 3.36. The summed E-state index contributed by atoms with van der Waals surface area (Å²) < 4.78 is 8.41. The van der Waals surface area contributed by atoms with Gasteiger partial charge in [-0.15, -0.1) is 0 Å². The average molecular weight is 325 g/mol. The van der Waals surface area contributed by atoms with Gasteiger partial charge in [0, 0.05) is 6.04 Å². The van der Waals surface area contributed by atoms with Crippen LogP contribution in [0.1, 0.15) is 38.5 Å². The minimum absolute atomic E-state index is 0.304. The molecule has 102 valence electrons. The van der Waals surface area contributed by atoms with Crippen LogP contribution in [0.15, 0.2) is 35.1 Å². The van der Waals surface area contributed by atoms with E-state index in [1.54, 1.807) is 13.1 Å². The van der Waals surface area contributed by atoms with Crippen LogP contribution in [0.5, 0.6) is 11.5 Å². The van der Waals surface area contributed by atoms with Gasteiger partial charge in [0.2, 0.25) is 0 Å². The zero-order chi connectivity index (χ0) is 14.0. The fourth-order valence-electron chi connectivity index (χ4n) is 1.64. The Kier molecular flexibility index (Phi) is 4.27. The predicted molar refractivity (Wildman–Crippen MR) is 77.5 cm³/mol. The highest BCUT2D eigenvalue weighted by Gasteiger charge is 2.09. The number of ether oxygens (including phenoxy) is 1. The first-order valence-corrected chi connectivity index (χ1v) is 6.96. The van der Waals surface area contributed by atoms with Crippen molar-refractivity contribution >= 4 is 15.9 Å². The average Bonchev–Trinajstić information content (AvgIpc) is 2.80. The van der Waals surface area contributed by atoms with Gasteiger partial charge >= 0.3 is 0 Å². The third-order valence-electron chi connectivity index (χ3n) is 2.77. The van der Waals surface area contributed by atoms with E-state index in [2.05, 4.69) is 34.9 Å². The molecule has 4 nitrogen and oxygen atoms in total. The Labute approximate surface area is 121 Å². The standard InChI is InChI=1S/C14H17BrN2O2/c1-9(2)17-8-12(7-16-17)19-14-5-4-11(10(3)18)6-13(14)15/h4-10,18H,1-3H3. The second kappa shape index (κ2) is 5.75. The molecule has 2 rings (SSSR count). The maximum absolute atomic E-state index is 9.52. The number of hydrogen-bond donors (Lipinski definition) is 1. The Bertz CT molecular complexity index is 564. The topological polar surface area (TPSA) is 47.3 Å². The molecular weight excluding hydrogens is 308 g/mol. The van der Waals surface area contributed by atoms with Crippen LogP contribution in [-0.2, 0) is 0 Å². The van der Waals surface area contributed by atoms with E-state index in [9.17, 15) is 5.11 Å². The highest BCUT2D eigenvalue weighted by Crippen LogP contribution is 2.32. The number of aliphatic hydroxyl groups excluding tert-OH is 1. The molecule has 0 radical (unpaired) electrons. The molecule has 1 aromatic carbocycles. The van der Waals surface area contributed by atoms with Crippen molar-refractivity contribution in [2.24, 2.45) is 0 Å². The number of benzene rings is 1. The van der Waals surface area contributed by atoms with Crippen LogP contribution in [0.3, 0.4) is 0 Å². The molecule has 2 aromatic rings. The van der Waals surface area contributed by atoms with Gasteiger partial charge in [-0.05, 0) is 54.4 Å². The van der Waals surface area contributed by atoms with Gasteiger partial charge in [-0.25, -0.2) is 0 Å². The maximum Gasteiger partial charge on any atom is 0.165 e. The highest BCUT2D eigenvalue weighted by molar-refractivity contribution is 9.10. The maximum atomic E-state index is 9.52. The molecule has 1 heterocycles. The van der Waals surface area contributed by atoms with Crippen molar-refractivity contribution in [1.82, 2.24) is 9.78 Å². The molecule has 0 saturated heterocycles. The minimum Gasteiger partial charge on any atom is -0.453 e. The molecular formula is C14H17BrN2O2. The van der Waals surface area contributed by atoms with E-state index in [0.717, 1.165) is 10.0 Å².